The van der Waals surface area contributed by atoms with Crippen LogP contribution < -0.4 is 38.4 Å². The van der Waals surface area contributed by atoms with Gasteiger partial charge in [-0.1, -0.05) is 164 Å². The lowest BCUT2D eigenvalue weighted by Crippen LogP contribution is -2.60. The number of hydrogen-bond acceptors (Lipinski definition) is 22. The second-order valence-corrected chi connectivity index (χ2v) is 34.9. The third kappa shape index (κ3) is 26.3. The largest absolute Gasteiger partial charge is 0.379 e. The maximum atomic E-state index is 14.9. The number of carbonyl (C=O) groups excluding carboxylic acids is 8. The van der Waals surface area contributed by atoms with Crippen LogP contribution in [0.5, 0.6) is 0 Å². The fourth-order valence-corrected chi connectivity index (χ4v) is 18.4. The Hall–Kier alpha value is -6.94. The Kier molecular flexibility index (Phi) is 40.1. The van der Waals surface area contributed by atoms with E-state index in [-0.39, 0.29) is 109 Å². The second kappa shape index (κ2) is 47.6. The summed E-state index contributed by atoms with van der Waals surface area (Å²) in [5, 5.41) is 19.3. The summed E-state index contributed by atoms with van der Waals surface area (Å²) in [6.07, 6.45) is 5.56. The zero-order valence-corrected chi connectivity index (χ0v) is 73.9. The van der Waals surface area contributed by atoms with Crippen molar-refractivity contribution in [2.24, 2.45) is 59.1 Å². The van der Waals surface area contributed by atoms with E-state index in [4.69, 9.17) is 45.4 Å². The van der Waals surface area contributed by atoms with Gasteiger partial charge in [0.25, 0.3) is 0 Å². The van der Waals surface area contributed by atoms with Gasteiger partial charge in [0.1, 0.15) is 22.1 Å². The van der Waals surface area contributed by atoms with Gasteiger partial charge in [0, 0.05) is 86.5 Å². The van der Waals surface area contributed by atoms with E-state index in [0.29, 0.717) is 82.6 Å². The summed E-state index contributed by atoms with van der Waals surface area (Å²) in [5.74, 6) is 6.22. The first-order valence-corrected chi connectivity index (χ1v) is 43.0. The molecule has 2 aliphatic rings. The number of thiazole rings is 2. The van der Waals surface area contributed by atoms with Gasteiger partial charge >= 0.3 is 0 Å². The number of carbonyl (C=O) groups is 8. The minimum Gasteiger partial charge on any atom is -0.379 e. The van der Waals surface area contributed by atoms with E-state index in [0.717, 1.165) is 26.6 Å². The Morgan fingerprint density at radius 1 is 0.548 bits per heavy atom. The Morgan fingerprint density at radius 3 is 1.43 bits per heavy atom. The molecule has 0 aliphatic carbocycles. The van der Waals surface area contributed by atoms with Crippen LogP contribution in [-0.2, 0) is 79.8 Å². The topological polar surface area (TPSA) is 346 Å². The highest BCUT2D eigenvalue weighted by Gasteiger charge is 2.47. The van der Waals surface area contributed by atoms with Gasteiger partial charge in [0.15, 0.2) is 0 Å². The number of methoxy groups -OCH3 is 4. The Balaban J connectivity index is 1.13. The number of hydrogen-bond donors (Lipinski definition) is 7. The first kappa shape index (κ1) is 96.9. The van der Waals surface area contributed by atoms with Gasteiger partial charge < -0.3 is 74.8 Å². The summed E-state index contributed by atoms with van der Waals surface area (Å²) in [7, 11) is 11.5. The predicted octanol–water partition coefficient (Wildman–Crippen LogP) is 8.54. The van der Waals surface area contributed by atoms with E-state index >= 15 is 0 Å². The van der Waals surface area contributed by atoms with Gasteiger partial charge in [-0.3, -0.25) is 43.3 Å². The van der Waals surface area contributed by atoms with Crippen LogP contribution >= 0.6 is 22.7 Å². The third-order valence-electron chi connectivity index (χ3n) is 23.6. The molecule has 2 saturated heterocycles. The molecule has 9 N–H and O–H groups in total. The summed E-state index contributed by atoms with van der Waals surface area (Å²) in [6.45, 7) is 29.2. The van der Waals surface area contributed by atoms with E-state index in [1.165, 1.54) is 22.7 Å². The summed E-state index contributed by atoms with van der Waals surface area (Å²) < 4.78 is 24.8. The number of benzene rings is 2. The number of likely N-dealkylation sites (N-methyl/N-ethyl adjacent to an activating group) is 3. The fourth-order valence-electron chi connectivity index (χ4n) is 16.7. The van der Waals surface area contributed by atoms with Crippen molar-refractivity contribution < 1.29 is 67.0 Å². The maximum absolute atomic E-state index is 14.9. The minimum atomic E-state index is -0.864. The van der Waals surface area contributed by atoms with Crippen molar-refractivity contribution in [3.05, 3.63) is 93.5 Å². The van der Waals surface area contributed by atoms with Crippen molar-refractivity contribution in [1.29, 1.82) is 0 Å². The number of nitrogens with zero attached hydrogens (tertiary/aromatic N) is 7. The maximum Gasteiger partial charge on any atom is 0.245 e. The molecule has 30 heteroatoms. The zero-order valence-electron chi connectivity index (χ0n) is 72.3. The number of nitrogens with one attached hydrogen (secondary N) is 5. The van der Waals surface area contributed by atoms with Gasteiger partial charge in [-0.15, -0.1) is 22.7 Å². The van der Waals surface area contributed by atoms with Crippen molar-refractivity contribution in [2.75, 3.05) is 89.0 Å². The van der Waals surface area contributed by atoms with Crippen LogP contribution in [0.15, 0.2) is 72.4 Å². The molecule has 2 aromatic heterocycles. The van der Waals surface area contributed by atoms with Gasteiger partial charge in [-0.25, -0.2) is 21.8 Å². The molecule has 0 spiro atoms. The standard InChI is InChI=1S/C85H138N14O14S2/c1-22-54(11)74(96(16)84(106)71(51(5)6)93-80(104)70(50(3)4)88-37-42-112-86)65(108-18)47-68(100)98-39-27-31-63(98)76(110-20)56(13)78(102)91-61(82-89-38-44-114-82)46-59-33-35-60(36-34-59)67-49-90-83(115-67)62(45-58-29-25-24-26-30-58)92-79(103)57(14)77(111-21)64-32-28-40-99(64)69(101)48-66(109-19)75(55(12)23-2)97(17)85(107)72(52(7)8)94-81(105)73(53(9)10)95(15)41-43-113-87/h24-26,29-30,33-36,38,44,49-57,61-66,70-77,88H,22-23,27-28,31-32,37,39-43,45-48,86-87H2,1-21H3,(H,91,102)(H,92,103)(H,93,104)(H,94,105)/t54-,55-,56+,57+,61-,62-,63-,64-,65+,66+,70-,71-,72-,73-,74-,75-,76+,77+/m0/s1. The van der Waals surface area contributed by atoms with Gasteiger partial charge in [0.05, 0.1) is 116 Å². The Labute approximate surface area is 692 Å². The molecular weight excluding hydrogens is 1510 g/mol. The normalized spacial score (nSPS) is 18.9. The Morgan fingerprint density at radius 2 is 1.01 bits per heavy atom. The number of nitrogens with two attached hydrogens (primary N) is 2. The van der Waals surface area contributed by atoms with Crippen LogP contribution in [0.25, 0.3) is 10.4 Å². The zero-order chi connectivity index (χ0) is 85.1. The average Bonchev–Trinajstić information content (AvgIpc) is 1.46. The molecule has 2 fully saturated rings. The highest BCUT2D eigenvalue weighted by Crippen LogP contribution is 2.36. The molecule has 4 aromatic rings. The summed E-state index contributed by atoms with van der Waals surface area (Å²) in [4.78, 5) is 145. The molecule has 2 aliphatic heterocycles. The molecule has 0 radical (unpaired) electrons. The van der Waals surface area contributed by atoms with Gasteiger partial charge in [-0.05, 0) is 97.8 Å². The monoisotopic (exact) mass is 1640 g/mol. The van der Waals surface area contributed by atoms with Gasteiger partial charge in [0.2, 0.25) is 47.3 Å². The van der Waals surface area contributed by atoms with Crippen LogP contribution in [0, 0.1) is 47.3 Å². The molecule has 0 unspecified atom stereocenters. The number of aromatic nitrogens is 2. The van der Waals surface area contributed by atoms with E-state index in [2.05, 4.69) is 31.6 Å². The number of likely N-dealkylation sites (tertiary alicyclic amines) is 2. The summed E-state index contributed by atoms with van der Waals surface area (Å²) >= 11 is 2.93. The van der Waals surface area contributed by atoms with E-state index < -0.39 is 96.7 Å². The lowest BCUT2D eigenvalue weighted by molar-refractivity contribution is -0.148. The highest BCUT2D eigenvalue weighted by atomic mass is 32.1. The average molecular weight is 1640 g/mol. The van der Waals surface area contributed by atoms with Crippen molar-refractivity contribution in [3.8, 4) is 10.4 Å². The molecule has 4 heterocycles. The molecule has 0 saturated carbocycles. The molecule has 28 nitrogen and oxygen atoms in total. The Bertz CT molecular complexity index is 3630. The first-order chi connectivity index (χ1) is 54.8. The molecule has 2 aromatic carbocycles. The van der Waals surface area contributed by atoms with Crippen LogP contribution in [0.4, 0.5) is 0 Å². The number of ether oxygens (including phenoxy) is 4. The number of rotatable bonds is 49. The van der Waals surface area contributed by atoms with E-state index in [9.17, 15) is 38.4 Å². The number of amides is 8. The third-order valence-corrected chi connectivity index (χ3v) is 25.7. The molecule has 115 heavy (non-hydrogen) atoms. The smallest absolute Gasteiger partial charge is 0.245 e. The van der Waals surface area contributed by atoms with Crippen molar-refractivity contribution in [1.82, 2.24) is 61.1 Å². The van der Waals surface area contributed by atoms with Crippen LogP contribution in [0.2, 0.25) is 0 Å². The quantitative estimate of drug-likeness (QED) is 0.0161. The molecule has 6 rings (SSSR count). The summed E-state index contributed by atoms with van der Waals surface area (Å²) in [5.41, 5.74) is 2.86. The fraction of sp³-hybridized carbons (Fsp3) is 0.694. The van der Waals surface area contributed by atoms with Crippen LogP contribution in [-0.4, -0.2) is 243 Å². The minimum absolute atomic E-state index is 0.0354. The van der Waals surface area contributed by atoms with Crippen LogP contribution in [0.3, 0.4) is 0 Å². The molecular formula is C85H138N14O14S2. The van der Waals surface area contributed by atoms with Crippen molar-refractivity contribution in [2.45, 2.75) is 246 Å². The predicted molar refractivity (Wildman–Crippen MR) is 449 cm³/mol. The highest BCUT2D eigenvalue weighted by molar-refractivity contribution is 7.15. The van der Waals surface area contributed by atoms with E-state index in [1.807, 2.05) is 185 Å². The lowest BCUT2D eigenvalue weighted by atomic mass is 9.89. The molecule has 644 valence electrons. The molecule has 18 atom stereocenters. The second-order valence-electron chi connectivity index (χ2n) is 32.9. The SMILES string of the molecule is CC[C@H](C)[C@@H]([C@@H](CC(=O)N1CCC[C@H]1[C@H](OC)[C@@H](C)C(=O)N[C@@H](Cc1ccc(-c2cnc([C@H](Cc3ccccc3)NC(=O)[C@H](C)[C@@H](OC)[C@@H]3CCCN3C(=O)C[C@@H](OC)[C@H]([C@@H](C)CC)N(C)C(=O)[C@@H](NC(=O)[C@H](C(C)C)N(C)CCON)C(C)C)s2)cc1)c1nccs1)OC)N(C)C(=O)[C@@H](NC(=O)[C@@H](NCCON)C(C)C)C(C)C. The lowest BCUT2D eigenvalue weighted by Gasteiger charge is -2.41. The van der Waals surface area contributed by atoms with Crippen LogP contribution in [0.1, 0.15) is 182 Å². The molecule has 8 amide bonds. The molecule has 0 bridgehead atoms. The summed E-state index contributed by atoms with van der Waals surface area (Å²) in [6, 6.07) is 12.2. The van der Waals surface area contributed by atoms with Crippen molar-refractivity contribution >= 4 is 69.9 Å². The van der Waals surface area contributed by atoms with Gasteiger partial charge in [-0.2, -0.15) is 0 Å². The first-order valence-electron chi connectivity index (χ1n) is 41.3. The van der Waals surface area contributed by atoms with Crippen molar-refractivity contribution in [3.63, 3.8) is 0 Å². The van der Waals surface area contributed by atoms with E-state index in [1.54, 1.807) is 58.5 Å².